The Bertz CT molecular complexity index is 393. The van der Waals surface area contributed by atoms with Crippen LogP contribution in [0.4, 0.5) is 4.39 Å². The van der Waals surface area contributed by atoms with E-state index >= 15 is 0 Å². The van der Waals surface area contributed by atoms with Crippen molar-refractivity contribution in [3.63, 3.8) is 0 Å². The van der Waals surface area contributed by atoms with Gasteiger partial charge in [0, 0.05) is 19.2 Å². The van der Waals surface area contributed by atoms with Gasteiger partial charge in [0.2, 0.25) is 0 Å². The summed E-state index contributed by atoms with van der Waals surface area (Å²) in [6, 6.07) is 3.60. The Morgan fingerprint density at radius 1 is 1.41 bits per heavy atom. The number of benzene rings is 1. The third-order valence-corrected chi connectivity index (χ3v) is 2.63. The van der Waals surface area contributed by atoms with E-state index in [1.807, 2.05) is 13.8 Å². The molecule has 0 aliphatic rings. The summed E-state index contributed by atoms with van der Waals surface area (Å²) in [5, 5.41) is 9.09. The number of unbranched alkanes of at least 4 members (excludes halogenated alkanes) is 1. The van der Waals surface area contributed by atoms with Gasteiger partial charge in [0.1, 0.15) is 11.6 Å². The van der Waals surface area contributed by atoms with E-state index in [-0.39, 0.29) is 17.2 Å². The molecule has 1 aromatic rings. The van der Waals surface area contributed by atoms with Crippen LogP contribution in [-0.4, -0.2) is 29.0 Å². The van der Waals surface area contributed by atoms with E-state index in [0.717, 1.165) is 18.9 Å². The van der Waals surface area contributed by atoms with E-state index in [1.54, 1.807) is 4.90 Å². The quantitative estimate of drug-likeness (QED) is 0.858. The molecular formula is C13H18FNO2. The summed E-state index contributed by atoms with van der Waals surface area (Å²) in [4.78, 5) is 13.6. The number of phenols is 1. The maximum Gasteiger partial charge on any atom is 0.256 e. The molecule has 0 fully saturated rings. The number of rotatable bonds is 5. The zero-order chi connectivity index (χ0) is 12.8. The molecule has 0 saturated heterocycles. The van der Waals surface area contributed by atoms with E-state index in [1.165, 1.54) is 12.1 Å². The van der Waals surface area contributed by atoms with Crippen LogP contribution in [0.2, 0.25) is 0 Å². The first kappa shape index (κ1) is 13.5. The number of phenolic OH excluding ortho intramolecular Hbond substituents is 1. The summed E-state index contributed by atoms with van der Waals surface area (Å²) < 4.78 is 13.5. The molecule has 0 radical (unpaired) electrons. The molecule has 0 heterocycles. The Morgan fingerprint density at radius 3 is 2.65 bits per heavy atom. The number of hydrogen-bond acceptors (Lipinski definition) is 2. The van der Waals surface area contributed by atoms with E-state index in [4.69, 9.17) is 5.11 Å². The lowest BCUT2D eigenvalue weighted by atomic mass is 10.1. The molecular weight excluding hydrogens is 221 g/mol. The third kappa shape index (κ3) is 3.44. The topological polar surface area (TPSA) is 40.5 Å². The van der Waals surface area contributed by atoms with Crippen molar-refractivity contribution >= 4 is 5.91 Å². The van der Waals surface area contributed by atoms with Gasteiger partial charge in [-0.25, -0.2) is 4.39 Å². The minimum absolute atomic E-state index is 0.0146. The maximum absolute atomic E-state index is 13.5. The zero-order valence-corrected chi connectivity index (χ0v) is 10.2. The lowest BCUT2D eigenvalue weighted by molar-refractivity contribution is 0.0757. The van der Waals surface area contributed by atoms with E-state index in [2.05, 4.69) is 0 Å². The van der Waals surface area contributed by atoms with Crippen LogP contribution in [0.1, 0.15) is 37.0 Å². The molecule has 1 aromatic carbocycles. The summed E-state index contributed by atoms with van der Waals surface area (Å²) in [7, 11) is 0. The first-order chi connectivity index (χ1) is 8.10. The van der Waals surface area contributed by atoms with Gasteiger partial charge in [0.15, 0.2) is 0 Å². The molecule has 0 atom stereocenters. The van der Waals surface area contributed by atoms with Crippen LogP contribution < -0.4 is 0 Å². The number of amides is 1. The van der Waals surface area contributed by atoms with Crippen LogP contribution in [0.25, 0.3) is 0 Å². The maximum atomic E-state index is 13.5. The Morgan fingerprint density at radius 2 is 2.12 bits per heavy atom. The first-order valence-corrected chi connectivity index (χ1v) is 5.88. The number of carbonyl (C=O) groups is 1. The highest BCUT2D eigenvalue weighted by molar-refractivity contribution is 5.94. The van der Waals surface area contributed by atoms with Crippen LogP contribution in [0.3, 0.4) is 0 Å². The van der Waals surface area contributed by atoms with E-state index < -0.39 is 5.82 Å². The summed E-state index contributed by atoms with van der Waals surface area (Å²) in [5.41, 5.74) is 0.0146. The predicted octanol–water partition coefficient (Wildman–Crippen LogP) is 2.79. The fourth-order valence-corrected chi connectivity index (χ4v) is 1.60. The Hall–Kier alpha value is -1.58. The predicted molar refractivity (Wildman–Crippen MR) is 64.6 cm³/mol. The van der Waals surface area contributed by atoms with Gasteiger partial charge in [-0.05, 0) is 25.5 Å². The standard InChI is InChI=1S/C13H18FNO2/c1-3-5-8-15(4-2)13(17)11-7-6-10(16)9-12(11)14/h6-7,9,16H,3-5,8H2,1-2H3. The molecule has 3 nitrogen and oxygen atoms in total. The molecule has 1 N–H and O–H groups in total. The zero-order valence-electron chi connectivity index (χ0n) is 10.2. The average Bonchev–Trinajstić information content (AvgIpc) is 2.29. The van der Waals surface area contributed by atoms with Crippen molar-refractivity contribution in [2.45, 2.75) is 26.7 Å². The number of aromatic hydroxyl groups is 1. The SMILES string of the molecule is CCCCN(CC)C(=O)c1ccc(O)cc1F. The molecule has 0 aromatic heterocycles. The summed E-state index contributed by atoms with van der Waals surface area (Å²) in [6.07, 6.45) is 1.89. The molecule has 1 amide bonds. The van der Waals surface area contributed by atoms with Gasteiger partial charge in [0.05, 0.1) is 5.56 Å². The highest BCUT2D eigenvalue weighted by Crippen LogP contribution is 2.17. The highest BCUT2D eigenvalue weighted by Gasteiger charge is 2.17. The Balaban J connectivity index is 2.86. The monoisotopic (exact) mass is 239 g/mol. The normalized spacial score (nSPS) is 10.3. The van der Waals surface area contributed by atoms with Crippen molar-refractivity contribution in [2.75, 3.05) is 13.1 Å². The molecule has 0 aliphatic carbocycles. The van der Waals surface area contributed by atoms with Crippen LogP contribution in [0.15, 0.2) is 18.2 Å². The molecule has 0 saturated carbocycles. The second-order valence-electron chi connectivity index (χ2n) is 3.90. The summed E-state index contributed by atoms with van der Waals surface area (Å²) in [6.45, 7) is 5.09. The molecule has 0 bridgehead atoms. The lowest BCUT2D eigenvalue weighted by Crippen LogP contribution is -2.32. The number of halogens is 1. The van der Waals surface area contributed by atoms with Crippen molar-refractivity contribution in [3.8, 4) is 5.75 Å². The molecule has 1 rings (SSSR count). The van der Waals surface area contributed by atoms with Gasteiger partial charge in [-0.2, -0.15) is 0 Å². The van der Waals surface area contributed by atoms with E-state index in [9.17, 15) is 9.18 Å². The van der Waals surface area contributed by atoms with E-state index in [0.29, 0.717) is 13.1 Å². The largest absolute Gasteiger partial charge is 0.508 e. The fraction of sp³-hybridized carbons (Fsp3) is 0.462. The van der Waals surface area contributed by atoms with Crippen LogP contribution in [0, 0.1) is 5.82 Å². The molecule has 17 heavy (non-hydrogen) atoms. The first-order valence-electron chi connectivity index (χ1n) is 5.88. The molecule has 0 spiro atoms. The van der Waals surface area contributed by atoms with Gasteiger partial charge < -0.3 is 10.0 Å². The average molecular weight is 239 g/mol. The van der Waals surface area contributed by atoms with Gasteiger partial charge >= 0.3 is 0 Å². The second kappa shape index (κ2) is 6.23. The van der Waals surface area contributed by atoms with Crippen molar-refractivity contribution in [1.82, 2.24) is 4.90 Å². The van der Waals surface area contributed by atoms with Crippen molar-refractivity contribution in [2.24, 2.45) is 0 Å². The van der Waals surface area contributed by atoms with Gasteiger partial charge in [0.25, 0.3) is 5.91 Å². The molecule has 94 valence electrons. The molecule has 0 aliphatic heterocycles. The van der Waals surface area contributed by atoms with Crippen molar-refractivity contribution in [1.29, 1.82) is 0 Å². The third-order valence-electron chi connectivity index (χ3n) is 2.63. The number of hydrogen-bond donors (Lipinski definition) is 1. The minimum atomic E-state index is -0.676. The van der Waals surface area contributed by atoms with Crippen molar-refractivity contribution in [3.05, 3.63) is 29.6 Å². The van der Waals surface area contributed by atoms with Crippen molar-refractivity contribution < 1.29 is 14.3 Å². The molecule has 0 unspecified atom stereocenters. The summed E-state index contributed by atoms with van der Waals surface area (Å²) in [5.74, 6) is -1.17. The minimum Gasteiger partial charge on any atom is -0.508 e. The molecule has 4 heteroatoms. The fourth-order valence-electron chi connectivity index (χ4n) is 1.60. The number of carbonyl (C=O) groups excluding carboxylic acids is 1. The smallest absolute Gasteiger partial charge is 0.256 e. The highest BCUT2D eigenvalue weighted by atomic mass is 19.1. The number of nitrogens with zero attached hydrogens (tertiary/aromatic N) is 1. The Kier molecular flexibility index (Phi) is 4.94. The van der Waals surface area contributed by atoms with Crippen LogP contribution in [0.5, 0.6) is 5.75 Å². The lowest BCUT2D eigenvalue weighted by Gasteiger charge is -2.20. The van der Waals surface area contributed by atoms with Gasteiger partial charge in [-0.1, -0.05) is 13.3 Å². The Labute approximate surface area is 101 Å². The summed E-state index contributed by atoms with van der Waals surface area (Å²) >= 11 is 0. The van der Waals surface area contributed by atoms with Crippen LogP contribution in [-0.2, 0) is 0 Å². The van der Waals surface area contributed by atoms with Crippen LogP contribution >= 0.6 is 0 Å². The van der Waals surface area contributed by atoms with Gasteiger partial charge in [-0.15, -0.1) is 0 Å². The second-order valence-corrected chi connectivity index (χ2v) is 3.90. The van der Waals surface area contributed by atoms with Gasteiger partial charge in [-0.3, -0.25) is 4.79 Å².